The summed E-state index contributed by atoms with van der Waals surface area (Å²) in [5, 5.41) is 4.38. The second-order valence-corrected chi connectivity index (χ2v) is 6.22. The van der Waals surface area contributed by atoms with E-state index in [-0.39, 0.29) is 0 Å². The number of anilines is 1. The summed E-state index contributed by atoms with van der Waals surface area (Å²) < 4.78 is 2.00. The van der Waals surface area contributed by atoms with Gasteiger partial charge < -0.3 is 5.73 Å². The molecule has 1 unspecified atom stereocenters. The first-order valence-corrected chi connectivity index (χ1v) is 6.52. The van der Waals surface area contributed by atoms with Crippen molar-refractivity contribution in [2.75, 3.05) is 17.2 Å². The average molecular weight is 225 g/mol. The van der Waals surface area contributed by atoms with E-state index in [1.807, 2.05) is 29.6 Å². The number of hydrogen-bond donors (Lipinski definition) is 1. The molecule has 4 heteroatoms. The molecule has 15 heavy (non-hydrogen) atoms. The third-order valence-electron chi connectivity index (χ3n) is 2.96. The van der Waals surface area contributed by atoms with Gasteiger partial charge in [0.05, 0.1) is 12.2 Å². The van der Waals surface area contributed by atoms with Gasteiger partial charge in [-0.3, -0.25) is 0 Å². The van der Waals surface area contributed by atoms with Gasteiger partial charge in [-0.2, -0.15) is 16.9 Å². The van der Waals surface area contributed by atoms with Gasteiger partial charge in [0.15, 0.2) is 0 Å². The maximum absolute atomic E-state index is 6.01. The Morgan fingerprint density at radius 1 is 1.60 bits per heavy atom. The van der Waals surface area contributed by atoms with Gasteiger partial charge in [-0.15, -0.1) is 0 Å². The molecule has 0 aromatic carbocycles. The normalized spacial score (nSPS) is 25.4. The van der Waals surface area contributed by atoms with Crippen LogP contribution in [0.15, 0.2) is 6.20 Å². The van der Waals surface area contributed by atoms with E-state index >= 15 is 0 Å². The maximum Gasteiger partial charge on any atom is 0.124 e. The van der Waals surface area contributed by atoms with Crippen molar-refractivity contribution in [3.05, 3.63) is 11.8 Å². The molecule has 2 rings (SSSR count). The van der Waals surface area contributed by atoms with Crippen LogP contribution in [-0.4, -0.2) is 21.3 Å². The van der Waals surface area contributed by atoms with E-state index in [1.165, 1.54) is 12.2 Å². The van der Waals surface area contributed by atoms with Crippen LogP contribution >= 0.6 is 11.8 Å². The van der Waals surface area contributed by atoms with Crippen LogP contribution in [0.5, 0.6) is 0 Å². The van der Waals surface area contributed by atoms with E-state index in [9.17, 15) is 0 Å². The van der Waals surface area contributed by atoms with Gasteiger partial charge in [0.25, 0.3) is 0 Å². The molecule has 2 N–H and O–H groups in total. The summed E-state index contributed by atoms with van der Waals surface area (Å²) >= 11 is 2.01. The van der Waals surface area contributed by atoms with Crippen LogP contribution in [0.4, 0.5) is 5.82 Å². The van der Waals surface area contributed by atoms with Gasteiger partial charge in [-0.1, -0.05) is 13.8 Å². The molecule has 0 spiro atoms. The first-order chi connectivity index (χ1) is 6.99. The van der Waals surface area contributed by atoms with Crippen molar-refractivity contribution in [2.24, 2.45) is 5.41 Å². The van der Waals surface area contributed by atoms with Crippen molar-refractivity contribution >= 4 is 17.6 Å². The molecular formula is C11H19N3S. The summed E-state index contributed by atoms with van der Waals surface area (Å²) in [4.78, 5) is 0. The second-order valence-electron chi connectivity index (χ2n) is 5.19. The zero-order valence-electron chi connectivity index (χ0n) is 9.66. The lowest BCUT2D eigenvalue weighted by Crippen LogP contribution is -2.29. The van der Waals surface area contributed by atoms with Gasteiger partial charge >= 0.3 is 0 Å². The van der Waals surface area contributed by atoms with Crippen LogP contribution in [0.25, 0.3) is 0 Å². The Morgan fingerprint density at radius 2 is 2.33 bits per heavy atom. The first kappa shape index (κ1) is 10.9. The summed E-state index contributed by atoms with van der Waals surface area (Å²) in [6, 6.07) is 0.465. The number of nitrogens with two attached hydrogens (primary N) is 1. The number of nitrogens with zero attached hydrogens (tertiary/aromatic N) is 2. The molecular weight excluding hydrogens is 206 g/mol. The molecule has 0 saturated carbocycles. The smallest absolute Gasteiger partial charge is 0.124 e. The predicted octanol–water partition coefficient (Wildman–Crippen LogP) is 2.48. The van der Waals surface area contributed by atoms with Gasteiger partial charge in [0.2, 0.25) is 0 Å². The first-order valence-electron chi connectivity index (χ1n) is 5.37. The van der Waals surface area contributed by atoms with E-state index in [4.69, 9.17) is 5.73 Å². The predicted molar refractivity (Wildman–Crippen MR) is 66.1 cm³/mol. The number of thioether (sulfide) groups is 1. The maximum atomic E-state index is 6.01. The molecule has 1 fully saturated rings. The lowest BCUT2D eigenvalue weighted by atomic mass is 9.88. The Hall–Kier alpha value is -0.640. The zero-order chi connectivity index (χ0) is 11.1. The molecule has 2 heterocycles. The number of hydrogen-bond acceptors (Lipinski definition) is 3. The second kappa shape index (κ2) is 3.74. The van der Waals surface area contributed by atoms with Crippen molar-refractivity contribution in [2.45, 2.75) is 33.2 Å². The molecule has 0 amide bonds. The summed E-state index contributed by atoms with van der Waals surface area (Å²) in [5.41, 5.74) is 7.50. The summed E-state index contributed by atoms with van der Waals surface area (Å²) in [7, 11) is 0. The fraction of sp³-hybridized carbons (Fsp3) is 0.727. The molecule has 1 aromatic rings. The number of nitrogen functional groups attached to an aromatic ring is 1. The molecule has 3 nitrogen and oxygen atoms in total. The molecule has 84 valence electrons. The van der Waals surface area contributed by atoms with Gasteiger partial charge in [0.1, 0.15) is 5.82 Å². The molecule has 1 aromatic heterocycles. The monoisotopic (exact) mass is 225 g/mol. The summed E-state index contributed by atoms with van der Waals surface area (Å²) in [6.07, 6.45) is 3.03. The van der Waals surface area contributed by atoms with Crippen LogP contribution < -0.4 is 5.73 Å². The lowest BCUT2D eigenvalue weighted by Gasteiger charge is -2.35. The zero-order valence-corrected chi connectivity index (χ0v) is 10.5. The minimum Gasteiger partial charge on any atom is -0.384 e. The Kier molecular flexibility index (Phi) is 2.71. The summed E-state index contributed by atoms with van der Waals surface area (Å²) in [5.74, 6) is 3.21. The van der Waals surface area contributed by atoms with Crippen molar-refractivity contribution in [1.82, 2.24) is 9.78 Å². The van der Waals surface area contributed by atoms with E-state index < -0.39 is 0 Å². The van der Waals surface area contributed by atoms with Crippen LogP contribution in [0.2, 0.25) is 0 Å². The molecule has 0 radical (unpaired) electrons. The Labute approximate surface area is 95.4 Å². The molecule has 1 aliphatic rings. The van der Waals surface area contributed by atoms with Gasteiger partial charge in [-0.25, -0.2) is 4.68 Å². The van der Waals surface area contributed by atoms with Crippen LogP contribution in [0, 0.1) is 12.3 Å². The van der Waals surface area contributed by atoms with E-state index in [0.717, 1.165) is 17.1 Å². The van der Waals surface area contributed by atoms with Crippen LogP contribution in [-0.2, 0) is 0 Å². The molecule has 0 bridgehead atoms. The standard InChI is InChI=1S/C11H19N3S/c1-8-5-13-14(10(8)12)9-4-11(2,3)7-15-6-9/h5,9H,4,6-7,12H2,1-3H3. The lowest BCUT2D eigenvalue weighted by molar-refractivity contribution is 0.293. The Morgan fingerprint density at radius 3 is 2.87 bits per heavy atom. The van der Waals surface area contributed by atoms with Crippen molar-refractivity contribution in [3.8, 4) is 0 Å². The third-order valence-corrected chi connectivity index (χ3v) is 4.57. The highest BCUT2D eigenvalue weighted by Crippen LogP contribution is 2.39. The highest BCUT2D eigenvalue weighted by atomic mass is 32.2. The fourth-order valence-electron chi connectivity index (χ4n) is 2.13. The minimum atomic E-state index is 0.403. The van der Waals surface area contributed by atoms with Crippen molar-refractivity contribution in [3.63, 3.8) is 0 Å². The highest BCUT2D eigenvalue weighted by Gasteiger charge is 2.30. The molecule has 1 aliphatic heterocycles. The van der Waals surface area contributed by atoms with E-state index in [0.29, 0.717) is 11.5 Å². The van der Waals surface area contributed by atoms with Gasteiger partial charge in [0, 0.05) is 11.3 Å². The third kappa shape index (κ3) is 2.14. The van der Waals surface area contributed by atoms with Crippen molar-refractivity contribution < 1.29 is 0 Å². The number of aromatic nitrogens is 2. The molecule has 1 atom stereocenters. The van der Waals surface area contributed by atoms with Crippen LogP contribution in [0.3, 0.4) is 0 Å². The summed E-state index contributed by atoms with van der Waals surface area (Å²) in [6.45, 7) is 6.65. The van der Waals surface area contributed by atoms with Crippen molar-refractivity contribution in [1.29, 1.82) is 0 Å². The Balaban J connectivity index is 2.21. The largest absolute Gasteiger partial charge is 0.384 e. The topological polar surface area (TPSA) is 43.8 Å². The minimum absolute atomic E-state index is 0.403. The fourth-order valence-corrected chi connectivity index (χ4v) is 3.45. The van der Waals surface area contributed by atoms with Gasteiger partial charge in [-0.05, 0) is 24.5 Å². The van der Waals surface area contributed by atoms with E-state index in [1.54, 1.807) is 0 Å². The van der Waals surface area contributed by atoms with E-state index in [2.05, 4.69) is 18.9 Å². The SMILES string of the molecule is Cc1cnn(C2CSCC(C)(C)C2)c1N. The highest BCUT2D eigenvalue weighted by molar-refractivity contribution is 7.99. The Bertz CT molecular complexity index is 357. The number of rotatable bonds is 1. The molecule has 1 saturated heterocycles. The average Bonchev–Trinajstić information content (AvgIpc) is 2.46. The number of aryl methyl sites for hydroxylation is 1. The molecule has 0 aliphatic carbocycles. The van der Waals surface area contributed by atoms with Crippen LogP contribution in [0.1, 0.15) is 31.9 Å². The quantitative estimate of drug-likeness (QED) is 0.798.